The SMILES string of the molecule is O=C(N/N=C/c1ccc(-c2cc(C(=O)O)ccc2Cl)o1)C(=O)N/N=C/c1ccc(-c2cc([N+](=O)[O-])ccc2Cl)o1. The standard InChI is InChI=1S/C25H15Cl2N5O8/c26-19-5-1-13(25(35)36)9-17(19)21-7-3-15(39-21)11-28-30-23(33)24(34)31-29-12-16-4-8-22(40-16)18-10-14(32(37)38)2-6-20(18)27/h1-12H,(H,30,33)(H,31,34)(H,35,36)/b28-11+,29-12+. The summed E-state index contributed by atoms with van der Waals surface area (Å²) in [6, 6.07) is 14.0. The van der Waals surface area contributed by atoms with E-state index in [0.717, 1.165) is 12.4 Å². The Morgan fingerprint density at radius 2 is 1.30 bits per heavy atom. The number of nitro groups is 1. The number of hydrogen-bond acceptors (Lipinski definition) is 9. The summed E-state index contributed by atoms with van der Waals surface area (Å²) in [4.78, 5) is 45.5. The van der Waals surface area contributed by atoms with Crippen molar-refractivity contribution in [1.82, 2.24) is 10.9 Å². The minimum absolute atomic E-state index is 0.0197. The van der Waals surface area contributed by atoms with E-state index in [9.17, 15) is 24.5 Å². The average molecular weight is 584 g/mol. The number of carbonyl (C=O) groups excluding carboxylic acids is 2. The van der Waals surface area contributed by atoms with Crippen LogP contribution in [0.2, 0.25) is 10.0 Å². The van der Waals surface area contributed by atoms with Crippen LogP contribution in [-0.2, 0) is 9.59 Å². The number of carboxylic acid groups (broad SMARTS) is 1. The number of benzene rings is 2. The molecular weight excluding hydrogens is 569 g/mol. The molecule has 0 aliphatic carbocycles. The van der Waals surface area contributed by atoms with E-state index in [1.165, 1.54) is 60.7 Å². The number of hydrazone groups is 2. The van der Waals surface area contributed by atoms with Gasteiger partial charge in [-0.1, -0.05) is 23.2 Å². The van der Waals surface area contributed by atoms with Crippen LogP contribution in [0.15, 0.2) is 79.7 Å². The maximum Gasteiger partial charge on any atom is 0.335 e. The van der Waals surface area contributed by atoms with Gasteiger partial charge in [0.2, 0.25) is 0 Å². The van der Waals surface area contributed by atoms with E-state index in [0.29, 0.717) is 5.56 Å². The second kappa shape index (κ2) is 12.1. The molecule has 0 aliphatic heterocycles. The highest BCUT2D eigenvalue weighted by Gasteiger charge is 2.15. The van der Waals surface area contributed by atoms with E-state index < -0.39 is 22.7 Å². The first kappa shape index (κ1) is 27.8. The third-order valence-corrected chi connectivity index (χ3v) is 5.74. The van der Waals surface area contributed by atoms with E-state index in [4.69, 9.17) is 37.1 Å². The molecule has 4 rings (SSSR count). The van der Waals surface area contributed by atoms with Crippen LogP contribution in [0, 0.1) is 10.1 Å². The van der Waals surface area contributed by atoms with Crippen LogP contribution in [0.1, 0.15) is 21.9 Å². The Labute approximate surface area is 233 Å². The lowest BCUT2D eigenvalue weighted by atomic mass is 10.1. The molecule has 2 heterocycles. The Balaban J connectivity index is 1.32. The van der Waals surface area contributed by atoms with Gasteiger partial charge >= 0.3 is 17.8 Å². The number of furan rings is 2. The lowest BCUT2D eigenvalue weighted by Gasteiger charge is -2.02. The Bertz CT molecular complexity index is 1570. The largest absolute Gasteiger partial charge is 0.478 e. The third-order valence-electron chi connectivity index (χ3n) is 5.08. The predicted octanol–water partition coefficient (Wildman–Crippen LogP) is 4.72. The van der Waals surface area contributed by atoms with Gasteiger partial charge in [0.1, 0.15) is 23.0 Å². The van der Waals surface area contributed by atoms with E-state index in [-0.39, 0.29) is 49.9 Å². The van der Waals surface area contributed by atoms with Crippen LogP contribution in [-0.4, -0.2) is 40.2 Å². The molecule has 0 radical (unpaired) electrons. The topological polar surface area (TPSA) is 190 Å². The third kappa shape index (κ3) is 6.59. The summed E-state index contributed by atoms with van der Waals surface area (Å²) < 4.78 is 11.1. The van der Waals surface area contributed by atoms with Crippen molar-refractivity contribution in [3.8, 4) is 22.6 Å². The lowest BCUT2D eigenvalue weighted by Crippen LogP contribution is -2.35. The average Bonchev–Trinajstić information content (AvgIpc) is 3.59. The summed E-state index contributed by atoms with van der Waals surface area (Å²) in [5.41, 5.74) is 4.48. The van der Waals surface area contributed by atoms with Gasteiger partial charge in [-0.25, -0.2) is 15.6 Å². The van der Waals surface area contributed by atoms with Gasteiger partial charge in [0.25, 0.3) is 5.69 Å². The lowest BCUT2D eigenvalue weighted by molar-refractivity contribution is -0.384. The molecule has 2 aromatic heterocycles. The van der Waals surface area contributed by atoms with Gasteiger partial charge < -0.3 is 13.9 Å². The minimum Gasteiger partial charge on any atom is -0.478 e. The molecule has 0 bridgehead atoms. The van der Waals surface area contributed by atoms with Crippen molar-refractivity contribution < 1.29 is 33.2 Å². The van der Waals surface area contributed by atoms with Gasteiger partial charge in [-0.05, 0) is 48.5 Å². The molecule has 40 heavy (non-hydrogen) atoms. The maximum absolute atomic E-state index is 12.0. The van der Waals surface area contributed by atoms with Crippen LogP contribution < -0.4 is 10.9 Å². The van der Waals surface area contributed by atoms with Gasteiger partial charge in [-0.2, -0.15) is 10.2 Å². The van der Waals surface area contributed by atoms with Crippen LogP contribution in [0.25, 0.3) is 22.6 Å². The van der Waals surface area contributed by atoms with E-state index >= 15 is 0 Å². The molecular formula is C25H15Cl2N5O8. The molecule has 0 aliphatic rings. The molecule has 0 saturated heterocycles. The van der Waals surface area contributed by atoms with Gasteiger partial charge in [0, 0.05) is 23.3 Å². The first-order valence-corrected chi connectivity index (χ1v) is 11.7. The number of nitrogens with one attached hydrogen (secondary N) is 2. The summed E-state index contributed by atoms with van der Waals surface area (Å²) in [5, 5.41) is 27.9. The molecule has 0 spiro atoms. The number of carboxylic acids is 1. The van der Waals surface area contributed by atoms with Crippen molar-refractivity contribution in [3.63, 3.8) is 0 Å². The highest BCUT2D eigenvalue weighted by molar-refractivity contribution is 6.35. The second-order valence-electron chi connectivity index (χ2n) is 7.72. The van der Waals surface area contributed by atoms with E-state index in [1.807, 2.05) is 10.9 Å². The first-order chi connectivity index (χ1) is 19.1. The molecule has 4 aromatic rings. The molecule has 0 saturated carbocycles. The number of amides is 2. The Kier molecular flexibility index (Phi) is 8.37. The Morgan fingerprint density at radius 1 is 0.800 bits per heavy atom. The van der Waals surface area contributed by atoms with Gasteiger partial charge in [0.05, 0.1) is 33.0 Å². The summed E-state index contributed by atoms with van der Waals surface area (Å²) >= 11 is 12.2. The first-order valence-electron chi connectivity index (χ1n) is 11.0. The number of aromatic carboxylic acids is 1. The molecule has 0 atom stereocenters. The van der Waals surface area contributed by atoms with Crippen molar-refractivity contribution in [2.24, 2.45) is 10.2 Å². The fourth-order valence-electron chi connectivity index (χ4n) is 3.21. The van der Waals surface area contributed by atoms with Gasteiger partial charge in [-0.15, -0.1) is 0 Å². The number of rotatable bonds is 8. The molecule has 2 aromatic carbocycles. The normalized spacial score (nSPS) is 11.2. The highest BCUT2D eigenvalue weighted by atomic mass is 35.5. The monoisotopic (exact) mass is 583 g/mol. The van der Waals surface area contributed by atoms with Crippen molar-refractivity contribution in [2.75, 3.05) is 0 Å². The number of non-ortho nitro benzene ring substituents is 1. The van der Waals surface area contributed by atoms with Crippen molar-refractivity contribution >= 4 is 59.1 Å². The zero-order chi connectivity index (χ0) is 28.8. The number of carbonyl (C=O) groups is 3. The molecule has 0 unspecified atom stereocenters. The van der Waals surface area contributed by atoms with Crippen LogP contribution in [0.3, 0.4) is 0 Å². The van der Waals surface area contributed by atoms with Crippen molar-refractivity contribution in [1.29, 1.82) is 0 Å². The molecule has 3 N–H and O–H groups in total. The van der Waals surface area contributed by atoms with Crippen molar-refractivity contribution in [2.45, 2.75) is 0 Å². The highest BCUT2D eigenvalue weighted by Crippen LogP contribution is 2.32. The summed E-state index contributed by atoms with van der Waals surface area (Å²) in [7, 11) is 0. The van der Waals surface area contributed by atoms with Gasteiger partial charge in [-0.3, -0.25) is 19.7 Å². The van der Waals surface area contributed by atoms with E-state index in [1.54, 1.807) is 0 Å². The zero-order valence-electron chi connectivity index (χ0n) is 19.8. The summed E-state index contributed by atoms with van der Waals surface area (Å²) in [5.74, 6) is -2.56. The molecule has 202 valence electrons. The quantitative estimate of drug-likeness (QED) is 0.115. The smallest absolute Gasteiger partial charge is 0.335 e. The fraction of sp³-hybridized carbons (Fsp3) is 0. The predicted molar refractivity (Wildman–Crippen MR) is 143 cm³/mol. The Morgan fingerprint density at radius 3 is 1.80 bits per heavy atom. The molecule has 0 fully saturated rings. The summed E-state index contributed by atoms with van der Waals surface area (Å²) in [6.07, 6.45) is 2.23. The van der Waals surface area contributed by atoms with Crippen LogP contribution >= 0.6 is 23.2 Å². The maximum atomic E-state index is 12.0. The Hall–Kier alpha value is -5.27. The van der Waals surface area contributed by atoms with Crippen LogP contribution in [0.5, 0.6) is 0 Å². The summed E-state index contributed by atoms with van der Waals surface area (Å²) in [6.45, 7) is 0. The van der Waals surface area contributed by atoms with Crippen LogP contribution in [0.4, 0.5) is 5.69 Å². The van der Waals surface area contributed by atoms with Crippen molar-refractivity contribution in [3.05, 3.63) is 97.9 Å². The van der Waals surface area contributed by atoms with E-state index in [2.05, 4.69) is 10.2 Å². The number of halogens is 2. The fourth-order valence-corrected chi connectivity index (χ4v) is 3.63. The number of hydrogen-bond donors (Lipinski definition) is 3. The number of nitro benzene ring substituents is 1. The zero-order valence-corrected chi connectivity index (χ0v) is 21.3. The molecule has 13 nitrogen and oxygen atoms in total. The van der Waals surface area contributed by atoms with Gasteiger partial charge in [0.15, 0.2) is 0 Å². The molecule has 15 heteroatoms. The molecule has 2 amide bonds. The minimum atomic E-state index is -1.14. The second-order valence-corrected chi connectivity index (χ2v) is 8.54. The number of nitrogens with zero attached hydrogens (tertiary/aromatic N) is 3.